The number of rotatable bonds is 4. The Hall–Kier alpha value is -3.86. The highest BCUT2D eigenvalue weighted by atomic mass is 16.1. The SMILES string of the molecule is CC(=O)NC1CCN(c2nc(Nc3cc(N)cc(C#N)c3)nc3cccc(C)c23)C1. The van der Waals surface area contributed by atoms with Crippen LogP contribution in [-0.2, 0) is 4.79 Å². The van der Waals surface area contributed by atoms with E-state index in [1.807, 2.05) is 25.1 Å². The number of nitriles is 1. The summed E-state index contributed by atoms with van der Waals surface area (Å²) in [6, 6.07) is 13.2. The molecule has 152 valence electrons. The van der Waals surface area contributed by atoms with E-state index in [1.165, 1.54) is 6.92 Å². The first-order valence-electron chi connectivity index (χ1n) is 9.80. The Bertz CT molecular complexity index is 1170. The third kappa shape index (κ3) is 3.96. The number of amides is 1. The minimum atomic E-state index is -0.0251. The summed E-state index contributed by atoms with van der Waals surface area (Å²) in [7, 11) is 0. The van der Waals surface area contributed by atoms with E-state index in [0.717, 1.165) is 35.2 Å². The molecular formula is C22H23N7O. The van der Waals surface area contributed by atoms with Crippen molar-refractivity contribution in [2.24, 2.45) is 0 Å². The zero-order valence-corrected chi connectivity index (χ0v) is 16.9. The number of nitrogen functional groups attached to an aromatic ring is 1. The first kappa shape index (κ1) is 19.5. The first-order chi connectivity index (χ1) is 14.4. The predicted molar refractivity (Wildman–Crippen MR) is 118 cm³/mol. The largest absolute Gasteiger partial charge is 0.399 e. The van der Waals surface area contributed by atoms with Gasteiger partial charge in [-0.2, -0.15) is 10.2 Å². The van der Waals surface area contributed by atoms with Gasteiger partial charge in [-0.05, 0) is 43.2 Å². The lowest BCUT2D eigenvalue weighted by Crippen LogP contribution is -2.35. The smallest absolute Gasteiger partial charge is 0.229 e. The van der Waals surface area contributed by atoms with E-state index in [0.29, 0.717) is 29.4 Å². The van der Waals surface area contributed by atoms with Crippen molar-refractivity contribution in [2.45, 2.75) is 26.3 Å². The van der Waals surface area contributed by atoms with Gasteiger partial charge in [0.25, 0.3) is 0 Å². The minimum Gasteiger partial charge on any atom is -0.399 e. The van der Waals surface area contributed by atoms with Crippen molar-refractivity contribution in [3.63, 3.8) is 0 Å². The molecule has 0 bridgehead atoms. The van der Waals surface area contributed by atoms with Crippen LogP contribution >= 0.6 is 0 Å². The van der Waals surface area contributed by atoms with E-state index >= 15 is 0 Å². The maximum absolute atomic E-state index is 11.4. The summed E-state index contributed by atoms with van der Waals surface area (Å²) in [5.74, 6) is 1.24. The quantitative estimate of drug-likeness (QED) is 0.575. The summed E-state index contributed by atoms with van der Waals surface area (Å²) in [5, 5.41) is 16.4. The van der Waals surface area contributed by atoms with Gasteiger partial charge in [-0.3, -0.25) is 4.79 Å². The number of anilines is 4. The number of nitrogens with two attached hydrogens (primary N) is 1. The van der Waals surface area contributed by atoms with Gasteiger partial charge >= 0.3 is 0 Å². The molecule has 1 saturated heterocycles. The Morgan fingerprint density at radius 1 is 1.30 bits per heavy atom. The number of aryl methyl sites for hydroxylation is 1. The molecule has 0 aliphatic carbocycles. The third-order valence-corrected chi connectivity index (χ3v) is 5.15. The number of hydrogen-bond acceptors (Lipinski definition) is 7. The van der Waals surface area contributed by atoms with Crippen LogP contribution in [0.2, 0.25) is 0 Å². The van der Waals surface area contributed by atoms with Gasteiger partial charge in [-0.15, -0.1) is 0 Å². The normalized spacial score (nSPS) is 15.8. The number of carbonyl (C=O) groups is 1. The van der Waals surface area contributed by atoms with Crippen LogP contribution < -0.4 is 21.3 Å². The maximum atomic E-state index is 11.4. The fourth-order valence-electron chi connectivity index (χ4n) is 3.89. The molecule has 4 rings (SSSR count). The fourth-order valence-corrected chi connectivity index (χ4v) is 3.89. The maximum Gasteiger partial charge on any atom is 0.229 e. The molecule has 0 saturated carbocycles. The number of nitrogens with one attached hydrogen (secondary N) is 2. The molecule has 4 N–H and O–H groups in total. The third-order valence-electron chi connectivity index (χ3n) is 5.15. The van der Waals surface area contributed by atoms with Crippen LogP contribution in [0.1, 0.15) is 24.5 Å². The van der Waals surface area contributed by atoms with E-state index < -0.39 is 0 Å². The van der Waals surface area contributed by atoms with Crippen LogP contribution in [0.5, 0.6) is 0 Å². The lowest BCUT2D eigenvalue weighted by molar-refractivity contribution is -0.119. The number of fused-ring (bicyclic) bond motifs is 1. The monoisotopic (exact) mass is 401 g/mol. The van der Waals surface area contributed by atoms with Crippen molar-refractivity contribution in [1.29, 1.82) is 5.26 Å². The zero-order chi connectivity index (χ0) is 21.3. The molecule has 1 aliphatic heterocycles. The molecular weight excluding hydrogens is 378 g/mol. The van der Waals surface area contributed by atoms with E-state index in [-0.39, 0.29) is 11.9 Å². The highest BCUT2D eigenvalue weighted by Crippen LogP contribution is 2.31. The van der Waals surface area contributed by atoms with Crippen LogP contribution in [0.15, 0.2) is 36.4 Å². The number of benzene rings is 2. The number of carbonyl (C=O) groups excluding carboxylic acids is 1. The van der Waals surface area contributed by atoms with Crippen molar-refractivity contribution in [2.75, 3.05) is 29.0 Å². The summed E-state index contributed by atoms with van der Waals surface area (Å²) in [6.07, 6.45) is 0.862. The van der Waals surface area contributed by atoms with Crippen molar-refractivity contribution in [1.82, 2.24) is 15.3 Å². The lowest BCUT2D eigenvalue weighted by Gasteiger charge is -2.21. The molecule has 30 heavy (non-hydrogen) atoms. The topological polar surface area (TPSA) is 120 Å². The lowest BCUT2D eigenvalue weighted by atomic mass is 10.1. The Kier molecular flexibility index (Phi) is 5.11. The van der Waals surface area contributed by atoms with Crippen molar-refractivity contribution >= 4 is 40.0 Å². The second-order valence-corrected chi connectivity index (χ2v) is 7.55. The van der Waals surface area contributed by atoms with Gasteiger partial charge in [0.1, 0.15) is 5.82 Å². The van der Waals surface area contributed by atoms with Gasteiger partial charge < -0.3 is 21.3 Å². The van der Waals surface area contributed by atoms with Crippen LogP contribution in [0.3, 0.4) is 0 Å². The summed E-state index contributed by atoms with van der Waals surface area (Å²) in [5.41, 5.74) is 9.44. The standard InChI is InChI=1S/C22H23N7O/c1-13-4-3-5-19-20(13)21(29-7-6-17(12-29)25-14(2)30)28-22(27-19)26-18-9-15(11-23)8-16(24)10-18/h3-5,8-10,17H,6-7,12,24H2,1-2H3,(H,25,30)(H,26,27,28). The summed E-state index contributed by atoms with van der Waals surface area (Å²) in [4.78, 5) is 23.1. The Morgan fingerprint density at radius 2 is 2.13 bits per heavy atom. The minimum absolute atomic E-state index is 0.0251. The van der Waals surface area contributed by atoms with Crippen molar-refractivity contribution < 1.29 is 4.79 Å². The van der Waals surface area contributed by atoms with Crippen LogP contribution in [0, 0.1) is 18.3 Å². The Balaban J connectivity index is 1.74. The van der Waals surface area contributed by atoms with Crippen molar-refractivity contribution in [3.8, 4) is 6.07 Å². The van der Waals surface area contributed by atoms with Gasteiger partial charge in [0.15, 0.2) is 0 Å². The molecule has 1 aliphatic rings. The molecule has 2 heterocycles. The highest BCUT2D eigenvalue weighted by molar-refractivity contribution is 5.93. The highest BCUT2D eigenvalue weighted by Gasteiger charge is 2.26. The van der Waals surface area contributed by atoms with E-state index in [4.69, 9.17) is 10.7 Å². The molecule has 3 aromatic rings. The Morgan fingerprint density at radius 3 is 2.90 bits per heavy atom. The number of nitrogens with zero attached hydrogens (tertiary/aromatic N) is 4. The molecule has 2 aromatic carbocycles. The summed E-state index contributed by atoms with van der Waals surface area (Å²) < 4.78 is 0. The van der Waals surface area contributed by atoms with E-state index in [9.17, 15) is 10.1 Å². The molecule has 1 aromatic heterocycles. The van der Waals surface area contributed by atoms with Gasteiger partial charge in [0.2, 0.25) is 11.9 Å². The van der Waals surface area contributed by atoms with Crippen LogP contribution in [-0.4, -0.2) is 35.0 Å². The molecule has 1 amide bonds. The van der Waals surface area contributed by atoms with Crippen LogP contribution in [0.4, 0.5) is 23.1 Å². The van der Waals surface area contributed by atoms with Gasteiger partial charge in [0.05, 0.1) is 17.1 Å². The first-order valence-corrected chi connectivity index (χ1v) is 9.80. The fraction of sp³-hybridized carbons (Fsp3) is 0.273. The van der Waals surface area contributed by atoms with E-state index in [2.05, 4.69) is 26.6 Å². The molecule has 1 atom stereocenters. The molecule has 1 fully saturated rings. The summed E-state index contributed by atoms with van der Waals surface area (Å²) >= 11 is 0. The average Bonchev–Trinajstić information content (AvgIpc) is 3.14. The molecule has 8 heteroatoms. The zero-order valence-electron chi connectivity index (χ0n) is 16.9. The molecule has 8 nitrogen and oxygen atoms in total. The number of hydrogen-bond donors (Lipinski definition) is 3. The van der Waals surface area contributed by atoms with E-state index in [1.54, 1.807) is 18.2 Å². The van der Waals surface area contributed by atoms with Gasteiger partial charge in [0, 0.05) is 42.8 Å². The van der Waals surface area contributed by atoms with Gasteiger partial charge in [-0.1, -0.05) is 12.1 Å². The van der Waals surface area contributed by atoms with Gasteiger partial charge in [-0.25, -0.2) is 4.98 Å². The molecule has 1 unspecified atom stereocenters. The summed E-state index contributed by atoms with van der Waals surface area (Å²) in [6.45, 7) is 5.06. The molecule has 0 spiro atoms. The van der Waals surface area contributed by atoms with Crippen molar-refractivity contribution in [3.05, 3.63) is 47.5 Å². The average molecular weight is 401 g/mol. The second kappa shape index (κ2) is 7.87. The predicted octanol–water partition coefficient (Wildman–Crippen LogP) is 2.85. The Labute approximate surface area is 174 Å². The molecule has 0 radical (unpaired) electrons. The van der Waals surface area contributed by atoms with Crippen LogP contribution in [0.25, 0.3) is 10.9 Å². The number of aromatic nitrogens is 2. The second-order valence-electron chi connectivity index (χ2n) is 7.55.